The predicted octanol–water partition coefficient (Wildman–Crippen LogP) is 2.81. The van der Waals surface area contributed by atoms with Crippen molar-refractivity contribution >= 4 is 46.7 Å². The molecular weight excluding hydrogens is 417 g/mol. The molecule has 0 spiro atoms. The van der Waals surface area contributed by atoms with Gasteiger partial charge >= 0.3 is 5.97 Å². The Labute approximate surface area is 180 Å². The molecule has 0 saturated carbocycles. The monoisotopic (exact) mass is 441 g/mol. The zero-order chi connectivity index (χ0) is 21.0. The van der Waals surface area contributed by atoms with E-state index in [9.17, 15) is 14.4 Å². The van der Waals surface area contributed by atoms with Crippen LogP contribution in [0.4, 0.5) is 5.69 Å². The molecule has 1 N–H and O–H groups in total. The maximum Gasteiger partial charge on any atom is 0.308 e. The number of anilines is 1. The molecule has 3 rings (SSSR count). The first-order chi connectivity index (χ1) is 13.9. The molecule has 1 aromatic carbocycles. The van der Waals surface area contributed by atoms with Crippen LogP contribution in [0.2, 0.25) is 10.0 Å². The van der Waals surface area contributed by atoms with Crippen molar-refractivity contribution in [2.24, 2.45) is 5.92 Å². The number of amides is 2. The number of piperidine rings is 1. The summed E-state index contributed by atoms with van der Waals surface area (Å²) in [7, 11) is 1.38. The average molecular weight is 442 g/mol. The number of ether oxygens (including phenoxy) is 1. The molecule has 2 amide bonds. The highest BCUT2D eigenvalue weighted by molar-refractivity contribution is 6.36. The number of nitrogens with one attached hydrogen (secondary N) is 1. The Morgan fingerprint density at radius 2 is 1.86 bits per heavy atom. The van der Waals surface area contributed by atoms with Crippen molar-refractivity contribution in [1.29, 1.82) is 0 Å². The van der Waals surface area contributed by atoms with Crippen LogP contribution in [-0.2, 0) is 19.1 Å². The summed E-state index contributed by atoms with van der Waals surface area (Å²) in [6.07, 6.45) is 2.76. The summed E-state index contributed by atoms with van der Waals surface area (Å²) in [5.74, 6) is -0.547. The second-order valence-corrected chi connectivity index (χ2v) is 8.26. The van der Waals surface area contributed by atoms with E-state index in [1.807, 2.05) is 4.90 Å². The van der Waals surface area contributed by atoms with E-state index >= 15 is 0 Å². The maximum absolute atomic E-state index is 12.8. The van der Waals surface area contributed by atoms with E-state index in [0.717, 1.165) is 6.42 Å². The minimum atomic E-state index is -0.377. The van der Waals surface area contributed by atoms with Gasteiger partial charge in [0.25, 0.3) is 0 Å². The molecule has 0 radical (unpaired) electrons. The van der Waals surface area contributed by atoms with Gasteiger partial charge in [-0.1, -0.05) is 23.2 Å². The molecule has 158 valence electrons. The Balaban J connectivity index is 1.54. The van der Waals surface area contributed by atoms with Crippen LogP contribution in [0.1, 0.15) is 25.7 Å². The van der Waals surface area contributed by atoms with Crippen molar-refractivity contribution in [1.82, 2.24) is 9.80 Å². The average Bonchev–Trinajstić information content (AvgIpc) is 3.17. The Morgan fingerprint density at radius 3 is 2.52 bits per heavy atom. The van der Waals surface area contributed by atoms with Crippen molar-refractivity contribution in [2.75, 3.05) is 38.6 Å². The molecule has 2 aliphatic rings. The number of benzene rings is 1. The summed E-state index contributed by atoms with van der Waals surface area (Å²) in [6, 6.07) is 4.53. The highest BCUT2D eigenvalue weighted by atomic mass is 35.5. The van der Waals surface area contributed by atoms with Crippen LogP contribution in [0.3, 0.4) is 0 Å². The third kappa shape index (κ3) is 5.41. The van der Waals surface area contributed by atoms with Crippen molar-refractivity contribution in [2.45, 2.75) is 31.7 Å². The normalized spacial score (nSPS) is 20.5. The van der Waals surface area contributed by atoms with E-state index < -0.39 is 0 Å². The van der Waals surface area contributed by atoms with E-state index in [1.54, 1.807) is 23.1 Å². The highest BCUT2D eigenvalue weighted by Gasteiger charge is 2.34. The Bertz CT molecular complexity index is 781. The van der Waals surface area contributed by atoms with Gasteiger partial charge in [-0.25, -0.2) is 0 Å². The molecule has 1 aromatic rings. The molecule has 2 aliphatic heterocycles. The van der Waals surface area contributed by atoms with Crippen molar-refractivity contribution < 1.29 is 19.1 Å². The minimum absolute atomic E-state index is 0.0162. The molecule has 2 heterocycles. The summed E-state index contributed by atoms with van der Waals surface area (Å²) >= 11 is 12.0. The fraction of sp³-hybridized carbons (Fsp3) is 0.550. The van der Waals surface area contributed by atoms with E-state index in [2.05, 4.69) is 5.32 Å². The molecule has 2 saturated heterocycles. The first-order valence-electron chi connectivity index (χ1n) is 9.74. The van der Waals surface area contributed by atoms with Gasteiger partial charge in [0.2, 0.25) is 11.8 Å². The second kappa shape index (κ2) is 9.78. The summed E-state index contributed by atoms with van der Waals surface area (Å²) in [5.41, 5.74) is 0.504. The lowest BCUT2D eigenvalue weighted by atomic mass is 9.97. The van der Waals surface area contributed by atoms with Crippen LogP contribution >= 0.6 is 23.2 Å². The molecule has 0 bridgehead atoms. The zero-order valence-electron chi connectivity index (χ0n) is 16.3. The lowest BCUT2D eigenvalue weighted by Gasteiger charge is -2.32. The molecule has 29 heavy (non-hydrogen) atoms. The van der Waals surface area contributed by atoms with Crippen molar-refractivity contribution in [3.63, 3.8) is 0 Å². The number of hydrogen-bond donors (Lipinski definition) is 1. The van der Waals surface area contributed by atoms with Gasteiger partial charge in [0.15, 0.2) is 0 Å². The molecule has 0 unspecified atom stereocenters. The van der Waals surface area contributed by atoms with Crippen molar-refractivity contribution in [3.8, 4) is 0 Å². The third-order valence-corrected chi connectivity index (χ3v) is 6.12. The van der Waals surface area contributed by atoms with Gasteiger partial charge in [-0.15, -0.1) is 0 Å². The van der Waals surface area contributed by atoms with Crippen LogP contribution in [0.5, 0.6) is 0 Å². The zero-order valence-corrected chi connectivity index (χ0v) is 17.8. The van der Waals surface area contributed by atoms with Gasteiger partial charge in [-0.3, -0.25) is 19.3 Å². The smallest absolute Gasteiger partial charge is 0.308 e. The standard InChI is InChI=1S/C20H25Cl2N3O4/c1-29-20(28)13-6-9-24(10-7-13)18(26)12-25-8-2-3-17(25)19(27)23-16-5-4-14(21)11-15(16)22/h4-5,11,13,17H,2-3,6-10,12H2,1H3,(H,23,27)/t17-/m1/s1. The van der Waals surface area contributed by atoms with Crippen LogP contribution in [0.15, 0.2) is 18.2 Å². The van der Waals surface area contributed by atoms with E-state index in [1.165, 1.54) is 7.11 Å². The van der Waals surface area contributed by atoms with Gasteiger partial charge in [0, 0.05) is 18.1 Å². The van der Waals surface area contributed by atoms with Gasteiger partial charge in [0.1, 0.15) is 0 Å². The molecular formula is C20H25Cl2N3O4. The lowest BCUT2D eigenvalue weighted by Crippen LogP contribution is -2.48. The number of hydrogen-bond acceptors (Lipinski definition) is 5. The van der Waals surface area contributed by atoms with Crippen LogP contribution in [0, 0.1) is 5.92 Å². The highest BCUT2D eigenvalue weighted by Crippen LogP contribution is 2.27. The van der Waals surface area contributed by atoms with E-state index in [-0.39, 0.29) is 36.3 Å². The Morgan fingerprint density at radius 1 is 1.14 bits per heavy atom. The van der Waals surface area contributed by atoms with Gasteiger partial charge in [-0.05, 0) is 50.4 Å². The number of carbonyl (C=O) groups excluding carboxylic acids is 3. The summed E-state index contributed by atoms with van der Waals surface area (Å²) < 4.78 is 4.79. The quantitative estimate of drug-likeness (QED) is 0.710. The minimum Gasteiger partial charge on any atom is -0.469 e. The molecule has 7 nitrogen and oxygen atoms in total. The molecule has 9 heteroatoms. The van der Waals surface area contributed by atoms with Gasteiger partial charge in [0.05, 0.1) is 36.3 Å². The third-order valence-electron chi connectivity index (χ3n) is 5.58. The number of nitrogens with zero attached hydrogens (tertiary/aromatic N) is 2. The summed E-state index contributed by atoms with van der Waals surface area (Å²) in [6.45, 7) is 1.94. The number of esters is 1. The maximum atomic E-state index is 12.8. The van der Waals surface area contributed by atoms with E-state index in [0.29, 0.717) is 54.6 Å². The fourth-order valence-electron chi connectivity index (χ4n) is 3.92. The van der Waals surface area contributed by atoms with E-state index in [4.69, 9.17) is 27.9 Å². The first-order valence-corrected chi connectivity index (χ1v) is 10.5. The number of carbonyl (C=O) groups is 3. The van der Waals surface area contributed by atoms with Crippen LogP contribution in [-0.4, -0.2) is 66.9 Å². The molecule has 0 aromatic heterocycles. The van der Waals surface area contributed by atoms with Gasteiger partial charge in [-0.2, -0.15) is 0 Å². The largest absolute Gasteiger partial charge is 0.469 e. The Kier molecular flexibility index (Phi) is 7.38. The molecule has 1 atom stereocenters. The number of likely N-dealkylation sites (tertiary alicyclic amines) is 2. The van der Waals surface area contributed by atoms with Crippen LogP contribution in [0.25, 0.3) is 0 Å². The fourth-order valence-corrected chi connectivity index (χ4v) is 4.38. The van der Waals surface area contributed by atoms with Gasteiger partial charge < -0.3 is 15.0 Å². The number of rotatable bonds is 5. The number of halogens is 2. The second-order valence-electron chi connectivity index (χ2n) is 7.42. The molecule has 2 fully saturated rings. The summed E-state index contributed by atoms with van der Waals surface area (Å²) in [5, 5.41) is 3.71. The molecule has 0 aliphatic carbocycles. The predicted molar refractivity (Wildman–Crippen MR) is 111 cm³/mol. The van der Waals surface area contributed by atoms with Crippen molar-refractivity contribution in [3.05, 3.63) is 28.2 Å². The summed E-state index contributed by atoms with van der Waals surface area (Å²) in [4.78, 5) is 40.8. The Hall–Kier alpha value is -1.83. The SMILES string of the molecule is COC(=O)C1CCN(C(=O)CN2CCC[C@@H]2C(=O)Nc2ccc(Cl)cc2Cl)CC1. The first kappa shape index (κ1) is 21.9. The van der Waals surface area contributed by atoms with Crippen LogP contribution < -0.4 is 5.32 Å². The topological polar surface area (TPSA) is 79.0 Å². The number of methoxy groups -OCH3 is 1. The lowest BCUT2D eigenvalue weighted by molar-refractivity contribution is -0.149.